The van der Waals surface area contributed by atoms with Crippen LogP contribution in [0, 0.1) is 0 Å². The van der Waals surface area contributed by atoms with Gasteiger partial charge in [-0.2, -0.15) is 9.59 Å². The zero-order chi connectivity index (χ0) is 21.4. The van der Waals surface area contributed by atoms with Gasteiger partial charge >= 0.3 is 6.15 Å². The predicted molar refractivity (Wildman–Crippen MR) is 116 cm³/mol. The van der Waals surface area contributed by atoms with Crippen molar-refractivity contribution < 1.29 is 14.4 Å². The van der Waals surface area contributed by atoms with Crippen LogP contribution >= 0.6 is 35.1 Å². The molecule has 0 spiro atoms. The van der Waals surface area contributed by atoms with E-state index in [4.69, 9.17) is 32.8 Å². The SMILES string of the molecule is CSNCc1cccc2c1CCN(C(=O)Cc1c(Cl)cccc1Cl)C2C.O=C=O. The van der Waals surface area contributed by atoms with Gasteiger partial charge in [0.1, 0.15) is 0 Å². The highest BCUT2D eigenvalue weighted by atomic mass is 35.5. The molecule has 2 aromatic rings. The van der Waals surface area contributed by atoms with Gasteiger partial charge in [0.05, 0.1) is 12.5 Å². The van der Waals surface area contributed by atoms with Crippen LogP contribution in [0.2, 0.25) is 10.0 Å². The summed E-state index contributed by atoms with van der Waals surface area (Å²) in [4.78, 5) is 31.1. The summed E-state index contributed by atoms with van der Waals surface area (Å²) in [6.07, 6.45) is 3.37. The van der Waals surface area contributed by atoms with Crippen molar-refractivity contribution in [2.75, 3.05) is 12.8 Å². The molecule has 2 aromatic carbocycles. The van der Waals surface area contributed by atoms with E-state index in [1.807, 2.05) is 11.2 Å². The van der Waals surface area contributed by atoms with Gasteiger partial charge in [0.15, 0.2) is 0 Å². The molecule has 1 aliphatic heterocycles. The van der Waals surface area contributed by atoms with Crippen molar-refractivity contribution in [3.05, 3.63) is 68.7 Å². The van der Waals surface area contributed by atoms with Gasteiger partial charge in [0.2, 0.25) is 5.91 Å². The van der Waals surface area contributed by atoms with Crippen molar-refractivity contribution in [2.24, 2.45) is 0 Å². The summed E-state index contributed by atoms with van der Waals surface area (Å²) < 4.78 is 3.32. The van der Waals surface area contributed by atoms with Gasteiger partial charge in [-0.25, -0.2) is 0 Å². The number of carbonyl (C=O) groups is 1. The maximum atomic E-state index is 12.9. The van der Waals surface area contributed by atoms with E-state index in [9.17, 15) is 4.79 Å². The summed E-state index contributed by atoms with van der Waals surface area (Å²) in [6.45, 7) is 3.64. The fraction of sp³-hybridized carbons (Fsp3) is 0.333. The normalized spacial score (nSPS) is 15.0. The van der Waals surface area contributed by atoms with Gasteiger partial charge in [-0.1, -0.05) is 59.4 Å². The lowest BCUT2D eigenvalue weighted by molar-refractivity contribution is -0.191. The van der Waals surface area contributed by atoms with Crippen LogP contribution in [0.4, 0.5) is 0 Å². The number of fused-ring (bicyclic) bond motifs is 1. The molecule has 1 amide bonds. The quantitative estimate of drug-likeness (QED) is 0.677. The van der Waals surface area contributed by atoms with Gasteiger partial charge < -0.3 is 4.90 Å². The van der Waals surface area contributed by atoms with Crippen LogP contribution in [-0.4, -0.2) is 29.8 Å². The number of hydrogen-bond donors (Lipinski definition) is 1. The molecule has 0 saturated heterocycles. The van der Waals surface area contributed by atoms with Crippen LogP contribution in [0.5, 0.6) is 0 Å². The highest BCUT2D eigenvalue weighted by Crippen LogP contribution is 2.33. The zero-order valence-corrected chi connectivity index (χ0v) is 18.5. The van der Waals surface area contributed by atoms with E-state index in [-0.39, 0.29) is 24.5 Å². The molecular weight excluding hydrogens is 431 g/mol. The molecule has 154 valence electrons. The Morgan fingerprint density at radius 3 is 2.45 bits per heavy atom. The standard InChI is InChI=1S/C20H22Cl2N2OS.CO2/c1-13-15-6-3-5-14(12-23-26-2)16(15)9-10-24(13)20(25)11-17-18(21)7-4-8-19(17)22;2-1-3/h3-8,13,23H,9-12H2,1-2H3;. The Balaban J connectivity index is 0.000000941. The Bertz CT molecular complexity index is 881. The summed E-state index contributed by atoms with van der Waals surface area (Å²) in [6, 6.07) is 11.8. The van der Waals surface area contributed by atoms with Gasteiger partial charge in [0.25, 0.3) is 0 Å². The van der Waals surface area contributed by atoms with Crippen LogP contribution in [0.1, 0.15) is 35.2 Å². The molecule has 1 aliphatic rings. The number of nitrogens with one attached hydrogen (secondary N) is 1. The largest absolute Gasteiger partial charge is 0.373 e. The fourth-order valence-electron chi connectivity index (χ4n) is 3.55. The van der Waals surface area contributed by atoms with Gasteiger partial charge in [0, 0.05) is 23.1 Å². The predicted octanol–water partition coefficient (Wildman–Crippen LogP) is 4.47. The summed E-state index contributed by atoms with van der Waals surface area (Å²) in [5.41, 5.74) is 4.61. The maximum Gasteiger partial charge on any atom is 0.373 e. The topological polar surface area (TPSA) is 66.5 Å². The molecule has 0 bridgehead atoms. The molecule has 5 nitrogen and oxygen atoms in total. The number of benzene rings is 2. The summed E-state index contributed by atoms with van der Waals surface area (Å²) >= 11 is 14.1. The van der Waals surface area contributed by atoms with E-state index >= 15 is 0 Å². The molecule has 1 unspecified atom stereocenters. The zero-order valence-electron chi connectivity index (χ0n) is 16.2. The minimum Gasteiger partial charge on any atom is -0.335 e. The number of carbonyl (C=O) groups excluding carboxylic acids is 3. The monoisotopic (exact) mass is 452 g/mol. The minimum atomic E-state index is 0.0433. The van der Waals surface area contributed by atoms with Crippen LogP contribution in [0.3, 0.4) is 0 Å². The third-order valence-corrected chi connectivity index (χ3v) is 6.09. The fourth-order valence-corrected chi connectivity index (χ4v) is 4.39. The first-order chi connectivity index (χ1) is 13.9. The van der Waals surface area contributed by atoms with Gasteiger partial charge in [-0.15, -0.1) is 0 Å². The second kappa shape index (κ2) is 11.4. The van der Waals surface area contributed by atoms with Gasteiger partial charge in [-0.3, -0.25) is 9.52 Å². The van der Waals surface area contributed by atoms with Crippen molar-refractivity contribution in [3.63, 3.8) is 0 Å². The van der Waals surface area contributed by atoms with E-state index in [1.165, 1.54) is 16.7 Å². The van der Waals surface area contributed by atoms with E-state index in [0.29, 0.717) is 22.2 Å². The minimum absolute atomic E-state index is 0.0433. The van der Waals surface area contributed by atoms with Crippen molar-refractivity contribution >= 4 is 47.2 Å². The van der Waals surface area contributed by atoms with Crippen LogP contribution in [0.15, 0.2) is 36.4 Å². The molecule has 1 N–H and O–H groups in total. The molecule has 0 radical (unpaired) electrons. The average molecular weight is 453 g/mol. The Labute approximate surface area is 184 Å². The van der Waals surface area contributed by atoms with Gasteiger partial charge in [-0.05, 0) is 54.0 Å². The van der Waals surface area contributed by atoms with E-state index < -0.39 is 0 Å². The third kappa shape index (κ3) is 5.84. The molecular formula is C21H22Cl2N2O3S. The number of halogens is 2. The second-order valence-corrected chi connectivity index (χ2v) is 7.99. The van der Waals surface area contributed by atoms with E-state index in [2.05, 4.69) is 29.8 Å². The molecule has 0 fully saturated rings. The number of hydrogen-bond acceptors (Lipinski definition) is 5. The number of amides is 1. The summed E-state index contributed by atoms with van der Waals surface area (Å²) in [7, 11) is 0. The lowest BCUT2D eigenvalue weighted by Crippen LogP contribution is -2.40. The summed E-state index contributed by atoms with van der Waals surface area (Å²) in [5, 5.41) is 1.09. The maximum absolute atomic E-state index is 12.9. The Morgan fingerprint density at radius 2 is 1.83 bits per heavy atom. The highest BCUT2D eigenvalue weighted by molar-refractivity contribution is 7.96. The lowest BCUT2D eigenvalue weighted by atomic mass is 9.89. The molecule has 0 aromatic heterocycles. The van der Waals surface area contributed by atoms with Crippen molar-refractivity contribution in [2.45, 2.75) is 32.4 Å². The van der Waals surface area contributed by atoms with Crippen molar-refractivity contribution in [1.29, 1.82) is 0 Å². The Hall–Kier alpha value is -1.82. The first kappa shape index (κ1) is 23.5. The lowest BCUT2D eigenvalue weighted by Gasteiger charge is -2.36. The van der Waals surface area contributed by atoms with Crippen LogP contribution in [0.25, 0.3) is 0 Å². The molecule has 0 saturated carbocycles. The Morgan fingerprint density at radius 1 is 1.21 bits per heavy atom. The molecule has 0 aliphatic carbocycles. The third-order valence-electron chi connectivity index (χ3n) is 4.95. The average Bonchev–Trinajstić information content (AvgIpc) is 2.70. The van der Waals surface area contributed by atoms with E-state index in [1.54, 1.807) is 30.1 Å². The molecule has 8 heteroatoms. The van der Waals surface area contributed by atoms with Crippen LogP contribution in [-0.2, 0) is 33.8 Å². The molecule has 3 rings (SSSR count). The van der Waals surface area contributed by atoms with Crippen molar-refractivity contribution in [1.82, 2.24) is 9.62 Å². The smallest absolute Gasteiger partial charge is 0.335 e. The van der Waals surface area contributed by atoms with E-state index in [0.717, 1.165) is 13.0 Å². The summed E-state index contributed by atoms with van der Waals surface area (Å²) in [5.74, 6) is 0.0609. The first-order valence-corrected chi connectivity index (χ1v) is 11.0. The number of nitrogens with zero attached hydrogens (tertiary/aromatic N) is 1. The molecule has 1 atom stereocenters. The Kier molecular flexibility index (Phi) is 9.21. The van der Waals surface area contributed by atoms with Crippen molar-refractivity contribution in [3.8, 4) is 0 Å². The second-order valence-electron chi connectivity index (χ2n) is 6.48. The number of rotatable bonds is 5. The molecule has 29 heavy (non-hydrogen) atoms. The first-order valence-electron chi connectivity index (χ1n) is 9.02. The molecule has 1 heterocycles. The van der Waals surface area contributed by atoms with Crippen LogP contribution < -0.4 is 4.72 Å². The highest BCUT2D eigenvalue weighted by Gasteiger charge is 2.29.